The molecule has 0 radical (unpaired) electrons. The van der Waals surface area contributed by atoms with Gasteiger partial charge in [0.15, 0.2) is 0 Å². The molecule has 0 bridgehead atoms. The Morgan fingerprint density at radius 3 is 2.42 bits per heavy atom. The molecule has 1 aromatic carbocycles. The van der Waals surface area contributed by atoms with Gasteiger partial charge >= 0.3 is 12.0 Å². The quantitative estimate of drug-likeness (QED) is 0.283. The van der Waals surface area contributed by atoms with Gasteiger partial charge < -0.3 is 26.4 Å². The Balaban J connectivity index is 2.44. The molecule has 0 saturated carbocycles. The maximum atomic E-state index is 12.1. The van der Waals surface area contributed by atoms with Crippen molar-refractivity contribution in [3.8, 4) is 0 Å². The van der Waals surface area contributed by atoms with E-state index < -0.39 is 18.0 Å². The third-order valence-corrected chi connectivity index (χ3v) is 3.60. The van der Waals surface area contributed by atoms with E-state index in [4.69, 9.17) is 10.5 Å². The Hall–Kier alpha value is -2.77. The van der Waals surface area contributed by atoms with Crippen LogP contribution in [0.4, 0.5) is 10.5 Å². The Kier molecular flexibility index (Phi) is 9.59. The van der Waals surface area contributed by atoms with Gasteiger partial charge in [-0.3, -0.25) is 4.79 Å². The van der Waals surface area contributed by atoms with Crippen molar-refractivity contribution in [2.75, 3.05) is 18.9 Å². The number of ether oxygens (including phenoxy) is 1. The zero-order valence-electron chi connectivity index (χ0n) is 15.3. The highest BCUT2D eigenvalue weighted by Gasteiger charge is 2.21. The number of carbonyl (C=O) groups is 3. The minimum Gasteiger partial charge on any atom is -0.464 e. The molecule has 3 amide bonds. The SMILES string of the molecule is CCOC(=O)[C@@H](CCCCNC(C)=O)NC(=O)NCc1ccc(N)cc1. The minimum absolute atomic E-state index is 0.0906. The Bertz CT molecular complexity index is 589. The highest BCUT2D eigenvalue weighted by molar-refractivity contribution is 5.83. The summed E-state index contributed by atoms with van der Waals surface area (Å²) in [4.78, 5) is 34.9. The minimum atomic E-state index is -0.723. The Morgan fingerprint density at radius 2 is 1.81 bits per heavy atom. The highest BCUT2D eigenvalue weighted by atomic mass is 16.5. The highest BCUT2D eigenvalue weighted by Crippen LogP contribution is 2.06. The number of nitrogens with one attached hydrogen (secondary N) is 3. The lowest BCUT2D eigenvalue weighted by Crippen LogP contribution is -2.46. The van der Waals surface area contributed by atoms with Gasteiger partial charge in [-0.15, -0.1) is 0 Å². The number of hydrogen-bond acceptors (Lipinski definition) is 5. The number of anilines is 1. The lowest BCUT2D eigenvalue weighted by Gasteiger charge is -2.18. The molecule has 0 heterocycles. The normalized spacial score (nSPS) is 11.3. The van der Waals surface area contributed by atoms with Gasteiger partial charge in [0.25, 0.3) is 0 Å². The summed E-state index contributed by atoms with van der Waals surface area (Å²) >= 11 is 0. The zero-order chi connectivity index (χ0) is 19.4. The fourth-order valence-electron chi connectivity index (χ4n) is 2.26. The second-order valence-corrected chi connectivity index (χ2v) is 5.85. The predicted octanol–water partition coefficient (Wildman–Crippen LogP) is 1.31. The standard InChI is InChI=1S/C18H28N4O4/c1-3-26-17(24)16(6-4-5-11-20-13(2)23)22-18(25)21-12-14-7-9-15(19)10-8-14/h7-10,16H,3-6,11-12,19H2,1-2H3,(H,20,23)(H2,21,22,25)/t16-/m1/s1. The van der Waals surface area contributed by atoms with Crippen LogP contribution in [-0.2, 0) is 20.9 Å². The summed E-state index contributed by atoms with van der Waals surface area (Å²) in [6.07, 6.45) is 1.82. The van der Waals surface area contributed by atoms with Gasteiger partial charge in [0.2, 0.25) is 5.91 Å². The van der Waals surface area contributed by atoms with Crippen LogP contribution in [-0.4, -0.2) is 37.1 Å². The molecule has 0 aliphatic rings. The average Bonchev–Trinajstić information content (AvgIpc) is 2.60. The molecule has 26 heavy (non-hydrogen) atoms. The number of nitrogen functional groups attached to an aromatic ring is 1. The van der Waals surface area contributed by atoms with Gasteiger partial charge in [-0.2, -0.15) is 0 Å². The van der Waals surface area contributed by atoms with Crippen molar-refractivity contribution >= 4 is 23.6 Å². The molecule has 144 valence electrons. The largest absolute Gasteiger partial charge is 0.464 e. The lowest BCUT2D eigenvalue weighted by molar-refractivity contribution is -0.145. The van der Waals surface area contributed by atoms with E-state index in [2.05, 4.69) is 16.0 Å². The van der Waals surface area contributed by atoms with Crippen LogP contribution in [0.5, 0.6) is 0 Å². The van der Waals surface area contributed by atoms with E-state index in [0.717, 1.165) is 5.56 Å². The van der Waals surface area contributed by atoms with E-state index in [1.807, 2.05) is 12.1 Å². The van der Waals surface area contributed by atoms with Crippen LogP contribution in [0.25, 0.3) is 0 Å². The van der Waals surface area contributed by atoms with Crippen LogP contribution < -0.4 is 21.7 Å². The molecular formula is C18H28N4O4. The smallest absolute Gasteiger partial charge is 0.328 e. The molecule has 5 N–H and O–H groups in total. The third-order valence-electron chi connectivity index (χ3n) is 3.60. The first-order valence-corrected chi connectivity index (χ1v) is 8.72. The first-order valence-electron chi connectivity index (χ1n) is 8.72. The summed E-state index contributed by atoms with van der Waals surface area (Å²) < 4.78 is 5.01. The van der Waals surface area contributed by atoms with E-state index >= 15 is 0 Å². The van der Waals surface area contributed by atoms with Gasteiger partial charge in [0.1, 0.15) is 6.04 Å². The summed E-state index contributed by atoms with van der Waals surface area (Å²) in [6, 6.07) is 5.98. The first kappa shape index (κ1) is 21.3. The molecule has 1 rings (SSSR count). The third kappa shape index (κ3) is 8.91. The van der Waals surface area contributed by atoms with Crippen molar-refractivity contribution in [2.45, 2.75) is 45.7 Å². The lowest BCUT2D eigenvalue weighted by atomic mass is 10.1. The molecule has 0 spiro atoms. The monoisotopic (exact) mass is 364 g/mol. The van der Waals surface area contributed by atoms with Crippen LogP contribution in [0.2, 0.25) is 0 Å². The molecule has 0 unspecified atom stereocenters. The van der Waals surface area contributed by atoms with Gasteiger partial charge in [-0.1, -0.05) is 12.1 Å². The predicted molar refractivity (Wildman–Crippen MR) is 99.2 cm³/mol. The molecule has 0 saturated heterocycles. The van der Waals surface area contributed by atoms with E-state index in [0.29, 0.717) is 38.0 Å². The summed E-state index contributed by atoms with van der Waals surface area (Å²) in [7, 11) is 0. The maximum absolute atomic E-state index is 12.1. The molecule has 8 heteroatoms. The number of carbonyl (C=O) groups excluding carboxylic acids is 3. The molecule has 0 aliphatic carbocycles. The van der Waals surface area contributed by atoms with Crippen LogP contribution in [0.3, 0.4) is 0 Å². The van der Waals surface area contributed by atoms with Crippen molar-refractivity contribution in [1.29, 1.82) is 0 Å². The second kappa shape index (κ2) is 11.7. The fourth-order valence-corrected chi connectivity index (χ4v) is 2.26. The summed E-state index contributed by atoms with van der Waals surface area (Å²) in [5, 5.41) is 8.05. The van der Waals surface area contributed by atoms with Crippen LogP contribution in [0, 0.1) is 0 Å². The molecule has 0 aromatic heterocycles. The summed E-state index contributed by atoms with van der Waals surface area (Å²) in [6.45, 7) is 4.27. The maximum Gasteiger partial charge on any atom is 0.328 e. The zero-order valence-corrected chi connectivity index (χ0v) is 15.3. The second-order valence-electron chi connectivity index (χ2n) is 5.85. The number of benzene rings is 1. The van der Waals surface area contributed by atoms with Crippen molar-refractivity contribution in [1.82, 2.24) is 16.0 Å². The molecule has 0 aliphatic heterocycles. The molecule has 0 fully saturated rings. The van der Waals surface area contributed by atoms with Crippen molar-refractivity contribution in [3.63, 3.8) is 0 Å². The molecular weight excluding hydrogens is 336 g/mol. The van der Waals surface area contributed by atoms with Gasteiger partial charge in [-0.05, 0) is 43.9 Å². The number of rotatable bonds is 10. The number of esters is 1. The van der Waals surface area contributed by atoms with Gasteiger partial charge in [0, 0.05) is 25.7 Å². The fraction of sp³-hybridized carbons (Fsp3) is 0.500. The van der Waals surface area contributed by atoms with E-state index in [-0.39, 0.29) is 12.5 Å². The first-order chi connectivity index (χ1) is 12.4. The molecule has 1 atom stereocenters. The Labute approximate surface area is 153 Å². The average molecular weight is 364 g/mol. The van der Waals surface area contributed by atoms with E-state index in [1.165, 1.54) is 6.92 Å². The number of hydrogen-bond donors (Lipinski definition) is 4. The van der Waals surface area contributed by atoms with Crippen molar-refractivity contribution in [3.05, 3.63) is 29.8 Å². The van der Waals surface area contributed by atoms with Gasteiger partial charge in [-0.25, -0.2) is 9.59 Å². The van der Waals surface area contributed by atoms with Crippen molar-refractivity contribution < 1.29 is 19.1 Å². The number of unbranched alkanes of at least 4 members (excludes halogenated alkanes) is 1. The summed E-state index contributed by atoms with van der Waals surface area (Å²) in [5.74, 6) is -0.554. The molecule has 8 nitrogen and oxygen atoms in total. The van der Waals surface area contributed by atoms with Crippen LogP contribution in [0.15, 0.2) is 24.3 Å². The Morgan fingerprint density at radius 1 is 1.12 bits per heavy atom. The van der Waals surface area contributed by atoms with Crippen molar-refractivity contribution in [2.24, 2.45) is 0 Å². The molecule has 1 aromatic rings. The van der Waals surface area contributed by atoms with Gasteiger partial charge in [0.05, 0.1) is 6.61 Å². The number of nitrogens with two attached hydrogens (primary N) is 1. The summed E-state index contributed by atoms with van der Waals surface area (Å²) in [5.41, 5.74) is 7.17. The van der Waals surface area contributed by atoms with Crippen LogP contribution >= 0.6 is 0 Å². The van der Waals surface area contributed by atoms with E-state index in [1.54, 1.807) is 19.1 Å². The van der Waals surface area contributed by atoms with E-state index in [9.17, 15) is 14.4 Å². The number of urea groups is 1. The number of amides is 3. The topological polar surface area (TPSA) is 123 Å². The van der Waals surface area contributed by atoms with Crippen LogP contribution in [0.1, 0.15) is 38.7 Å².